The van der Waals surface area contributed by atoms with Gasteiger partial charge in [0.2, 0.25) is 0 Å². The first-order chi connectivity index (χ1) is 8.63. The summed E-state index contributed by atoms with van der Waals surface area (Å²) in [6, 6.07) is 7.36. The van der Waals surface area contributed by atoms with E-state index in [1.807, 2.05) is 25.1 Å². The third-order valence-corrected chi connectivity index (χ3v) is 2.42. The van der Waals surface area contributed by atoms with Gasteiger partial charge in [-0.25, -0.2) is 0 Å². The van der Waals surface area contributed by atoms with Gasteiger partial charge < -0.3 is 15.2 Å². The number of ether oxygens (including phenoxy) is 2. The Kier molecular flexibility index (Phi) is 5.15. The summed E-state index contributed by atoms with van der Waals surface area (Å²) in [5, 5.41) is 8.95. The molecule has 0 aliphatic carbocycles. The molecule has 5 heteroatoms. The molecular formula is C13H14N2O2S. The van der Waals surface area contributed by atoms with Crippen molar-refractivity contribution in [2.45, 2.75) is 6.92 Å². The Morgan fingerprint density at radius 2 is 2.28 bits per heavy atom. The molecule has 18 heavy (non-hydrogen) atoms. The lowest BCUT2D eigenvalue weighted by molar-refractivity contribution is 0.310. The fourth-order valence-electron chi connectivity index (χ4n) is 1.42. The number of nitrogens with zero attached hydrogens (tertiary/aromatic N) is 1. The summed E-state index contributed by atoms with van der Waals surface area (Å²) in [6.45, 7) is 2.37. The van der Waals surface area contributed by atoms with Gasteiger partial charge in [0.05, 0.1) is 19.3 Å². The average Bonchev–Trinajstić information content (AvgIpc) is 2.37. The third kappa shape index (κ3) is 3.22. The lowest BCUT2D eigenvalue weighted by Crippen LogP contribution is -2.09. The van der Waals surface area contributed by atoms with E-state index in [1.165, 1.54) is 0 Å². The summed E-state index contributed by atoms with van der Waals surface area (Å²) in [4.78, 5) is 0.0581. The molecule has 0 saturated heterocycles. The van der Waals surface area contributed by atoms with Gasteiger partial charge in [-0.15, -0.1) is 0 Å². The van der Waals surface area contributed by atoms with E-state index in [0.717, 1.165) is 0 Å². The largest absolute Gasteiger partial charge is 0.493 e. The monoisotopic (exact) mass is 262 g/mol. The zero-order valence-electron chi connectivity index (χ0n) is 10.3. The van der Waals surface area contributed by atoms with Gasteiger partial charge in [0, 0.05) is 5.56 Å². The van der Waals surface area contributed by atoms with Crippen molar-refractivity contribution in [3.63, 3.8) is 0 Å². The minimum Gasteiger partial charge on any atom is -0.493 e. The molecule has 1 rings (SSSR count). The number of para-hydroxylation sites is 1. The topological polar surface area (TPSA) is 68.3 Å². The summed E-state index contributed by atoms with van der Waals surface area (Å²) in [6.07, 6.45) is 1.59. The normalized spacial score (nSPS) is 10.6. The van der Waals surface area contributed by atoms with E-state index in [2.05, 4.69) is 0 Å². The minimum atomic E-state index is 0.0581. The van der Waals surface area contributed by atoms with Gasteiger partial charge in [-0.1, -0.05) is 24.4 Å². The molecule has 0 atom stereocenters. The Balaban J connectivity index is 3.32. The maximum absolute atomic E-state index is 8.95. The molecule has 0 aromatic heterocycles. The second-order valence-electron chi connectivity index (χ2n) is 3.35. The highest BCUT2D eigenvalue weighted by Gasteiger charge is 2.10. The van der Waals surface area contributed by atoms with E-state index in [1.54, 1.807) is 19.3 Å². The van der Waals surface area contributed by atoms with Crippen LogP contribution < -0.4 is 15.2 Å². The van der Waals surface area contributed by atoms with Crippen LogP contribution in [0.15, 0.2) is 23.8 Å². The predicted molar refractivity (Wildman–Crippen MR) is 74.5 cm³/mol. The van der Waals surface area contributed by atoms with Crippen LogP contribution in [0, 0.1) is 11.3 Å². The Bertz CT molecular complexity index is 518. The van der Waals surface area contributed by atoms with Crippen LogP contribution in [-0.2, 0) is 0 Å². The first-order valence-corrected chi connectivity index (χ1v) is 5.76. The second kappa shape index (κ2) is 6.62. The fraction of sp³-hybridized carbons (Fsp3) is 0.231. The van der Waals surface area contributed by atoms with Gasteiger partial charge in [0.1, 0.15) is 11.1 Å². The summed E-state index contributed by atoms with van der Waals surface area (Å²) < 4.78 is 10.7. The van der Waals surface area contributed by atoms with Crippen molar-refractivity contribution in [2.75, 3.05) is 13.7 Å². The van der Waals surface area contributed by atoms with Crippen LogP contribution >= 0.6 is 12.2 Å². The molecule has 0 unspecified atom stereocenters. The molecule has 0 radical (unpaired) electrons. The zero-order chi connectivity index (χ0) is 13.5. The van der Waals surface area contributed by atoms with E-state index in [-0.39, 0.29) is 10.6 Å². The van der Waals surface area contributed by atoms with E-state index in [9.17, 15) is 0 Å². The first-order valence-electron chi connectivity index (χ1n) is 5.35. The standard InChI is InChI=1S/C13H14N2O2S/c1-3-17-12-9(5-4-6-11(12)16-2)7-10(8-14)13(15)18/h4-7H,3H2,1-2H3,(H2,15,18)/b10-7+. The molecular weight excluding hydrogens is 248 g/mol. The summed E-state index contributed by atoms with van der Waals surface area (Å²) in [5.41, 5.74) is 6.40. The number of methoxy groups -OCH3 is 1. The van der Waals surface area contributed by atoms with Crippen molar-refractivity contribution < 1.29 is 9.47 Å². The number of hydrogen-bond donors (Lipinski definition) is 1. The van der Waals surface area contributed by atoms with Crippen LogP contribution in [0.3, 0.4) is 0 Å². The van der Waals surface area contributed by atoms with Crippen LogP contribution in [0.2, 0.25) is 0 Å². The van der Waals surface area contributed by atoms with Crippen LogP contribution in [-0.4, -0.2) is 18.7 Å². The smallest absolute Gasteiger partial charge is 0.168 e. The molecule has 0 heterocycles. The molecule has 0 spiro atoms. The Morgan fingerprint density at radius 3 is 2.78 bits per heavy atom. The van der Waals surface area contributed by atoms with Crippen LogP contribution in [0.5, 0.6) is 11.5 Å². The van der Waals surface area contributed by atoms with Crippen molar-refractivity contribution in [1.29, 1.82) is 5.26 Å². The molecule has 0 amide bonds. The number of rotatable bonds is 5. The molecule has 1 aromatic rings. The van der Waals surface area contributed by atoms with Gasteiger partial charge in [-0.2, -0.15) is 5.26 Å². The Morgan fingerprint density at radius 1 is 1.56 bits per heavy atom. The maximum Gasteiger partial charge on any atom is 0.168 e. The number of nitriles is 1. The lowest BCUT2D eigenvalue weighted by Gasteiger charge is -2.12. The molecule has 0 saturated carbocycles. The molecule has 0 bridgehead atoms. The molecule has 4 nitrogen and oxygen atoms in total. The number of thiocarbonyl (C=S) groups is 1. The molecule has 2 N–H and O–H groups in total. The van der Waals surface area contributed by atoms with E-state index < -0.39 is 0 Å². The van der Waals surface area contributed by atoms with Crippen molar-refractivity contribution in [2.24, 2.45) is 5.73 Å². The highest BCUT2D eigenvalue weighted by atomic mass is 32.1. The fourth-order valence-corrected chi connectivity index (χ4v) is 1.52. The molecule has 94 valence electrons. The van der Waals surface area contributed by atoms with E-state index >= 15 is 0 Å². The maximum atomic E-state index is 8.95. The number of hydrogen-bond acceptors (Lipinski definition) is 4. The number of benzene rings is 1. The van der Waals surface area contributed by atoms with Crippen LogP contribution in [0.4, 0.5) is 0 Å². The van der Waals surface area contributed by atoms with Gasteiger partial charge in [-0.3, -0.25) is 0 Å². The third-order valence-electron chi connectivity index (χ3n) is 2.20. The molecule has 0 aliphatic rings. The lowest BCUT2D eigenvalue weighted by atomic mass is 10.1. The number of nitrogens with two attached hydrogens (primary N) is 1. The van der Waals surface area contributed by atoms with Gasteiger partial charge in [0.25, 0.3) is 0 Å². The second-order valence-corrected chi connectivity index (χ2v) is 3.79. The van der Waals surface area contributed by atoms with Gasteiger partial charge in [-0.05, 0) is 19.1 Å². The van der Waals surface area contributed by atoms with Gasteiger partial charge >= 0.3 is 0 Å². The summed E-state index contributed by atoms with van der Waals surface area (Å²) in [5.74, 6) is 1.18. The van der Waals surface area contributed by atoms with Crippen LogP contribution in [0.1, 0.15) is 12.5 Å². The van der Waals surface area contributed by atoms with E-state index in [0.29, 0.717) is 23.7 Å². The molecule has 0 aliphatic heterocycles. The SMILES string of the molecule is CCOc1c(/C=C(\C#N)C(N)=S)cccc1OC. The zero-order valence-corrected chi connectivity index (χ0v) is 11.1. The van der Waals surface area contributed by atoms with E-state index in [4.69, 9.17) is 32.7 Å². The van der Waals surface area contributed by atoms with Crippen molar-refractivity contribution in [3.8, 4) is 17.6 Å². The minimum absolute atomic E-state index is 0.0581. The van der Waals surface area contributed by atoms with Crippen molar-refractivity contribution in [1.82, 2.24) is 0 Å². The molecule has 0 fully saturated rings. The highest BCUT2D eigenvalue weighted by Crippen LogP contribution is 2.32. The average molecular weight is 262 g/mol. The van der Waals surface area contributed by atoms with Crippen molar-refractivity contribution in [3.05, 3.63) is 29.3 Å². The highest BCUT2D eigenvalue weighted by molar-refractivity contribution is 7.80. The van der Waals surface area contributed by atoms with Gasteiger partial charge in [0.15, 0.2) is 11.5 Å². The van der Waals surface area contributed by atoms with Crippen molar-refractivity contribution >= 4 is 23.3 Å². The quantitative estimate of drug-likeness (QED) is 0.501. The molecule has 1 aromatic carbocycles. The predicted octanol–water partition coefficient (Wildman–Crippen LogP) is 2.29. The Hall–Kier alpha value is -2.06. The van der Waals surface area contributed by atoms with Crippen LogP contribution in [0.25, 0.3) is 6.08 Å². The first kappa shape index (κ1) is 14.0. The Labute approximate surface area is 112 Å². The summed E-state index contributed by atoms with van der Waals surface area (Å²) >= 11 is 4.80. The summed E-state index contributed by atoms with van der Waals surface area (Å²) in [7, 11) is 1.56.